The van der Waals surface area contributed by atoms with Crippen molar-refractivity contribution < 1.29 is 4.84 Å². The van der Waals surface area contributed by atoms with E-state index in [1.54, 1.807) is 0 Å². The fourth-order valence-corrected chi connectivity index (χ4v) is 1.06. The summed E-state index contributed by atoms with van der Waals surface area (Å²) in [6.07, 6.45) is 2.30. The highest BCUT2D eigenvalue weighted by Gasteiger charge is 2.18. The van der Waals surface area contributed by atoms with Crippen molar-refractivity contribution in [2.75, 3.05) is 6.54 Å². The summed E-state index contributed by atoms with van der Waals surface area (Å²) in [6, 6.07) is 0. The van der Waals surface area contributed by atoms with Crippen LogP contribution in [0.4, 0.5) is 0 Å². The van der Waals surface area contributed by atoms with Crippen molar-refractivity contribution in [3.8, 4) is 0 Å². The molecule has 0 saturated heterocycles. The summed E-state index contributed by atoms with van der Waals surface area (Å²) in [5, 5.41) is 0. The van der Waals surface area contributed by atoms with Crippen LogP contribution in [-0.2, 0) is 4.84 Å². The molecule has 11 heavy (non-hydrogen) atoms. The summed E-state index contributed by atoms with van der Waals surface area (Å²) in [6.45, 7) is 0.740. The van der Waals surface area contributed by atoms with Crippen molar-refractivity contribution in [1.82, 2.24) is 5.48 Å². The Morgan fingerprint density at radius 3 is 3.09 bits per heavy atom. The number of hydroxylamine groups is 1. The molecule has 0 aromatic rings. The van der Waals surface area contributed by atoms with Gasteiger partial charge in [-0.15, -0.1) is 0 Å². The molecule has 0 radical (unpaired) electrons. The van der Waals surface area contributed by atoms with Crippen molar-refractivity contribution in [2.24, 2.45) is 15.7 Å². The number of nitrogens with zero attached hydrogens (tertiary/aromatic N) is 2. The van der Waals surface area contributed by atoms with Crippen LogP contribution >= 0.6 is 0 Å². The molecule has 2 rings (SSSR count). The van der Waals surface area contributed by atoms with Gasteiger partial charge in [-0.05, 0) is 0 Å². The molecule has 2 aliphatic heterocycles. The van der Waals surface area contributed by atoms with Gasteiger partial charge < -0.3 is 10.6 Å². The largest absolute Gasteiger partial charge is 0.384 e. The summed E-state index contributed by atoms with van der Waals surface area (Å²) in [5.74, 6) is 1.09. The quantitative estimate of drug-likeness (QED) is 0.492. The van der Waals surface area contributed by atoms with Gasteiger partial charge in [-0.1, -0.05) is 0 Å². The van der Waals surface area contributed by atoms with Gasteiger partial charge in [0.25, 0.3) is 5.88 Å². The highest BCUT2D eigenvalue weighted by Crippen LogP contribution is 2.17. The van der Waals surface area contributed by atoms with Crippen LogP contribution in [-0.4, -0.2) is 18.7 Å². The van der Waals surface area contributed by atoms with E-state index in [-0.39, 0.29) is 0 Å². The van der Waals surface area contributed by atoms with Gasteiger partial charge in [-0.25, -0.2) is 5.48 Å². The van der Waals surface area contributed by atoms with Crippen molar-refractivity contribution >= 4 is 12.2 Å². The number of nitrogens with one attached hydrogen (secondary N) is 1. The van der Waals surface area contributed by atoms with Crippen LogP contribution in [0.1, 0.15) is 6.42 Å². The molecule has 0 aromatic heterocycles. The van der Waals surface area contributed by atoms with Crippen LogP contribution in [0.25, 0.3) is 0 Å². The molecule has 2 aliphatic rings. The first-order valence-electron chi connectivity index (χ1n) is 3.36. The molecule has 0 aromatic carbocycles. The average molecular weight is 152 g/mol. The first kappa shape index (κ1) is 6.21. The van der Waals surface area contributed by atoms with Crippen LogP contribution in [0, 0.1) is 0 Å². The van der Waals surface area contributed by atoms with Crippen LogP contribution in [0.5, 0.6) is 0 Å². The molecular formula is C6H8N4O. The summed E-state index contributed by atoms with van der Waals surface area (Å²) in [7, 11) is 0. The lowest BCUT2D eigenvalue weighted by Crippen LogP contribution is -2.13. The van der Waals surface area contributed by atoms with E-state index in [4.69, 9.17) is 10.6 Å². The zero-order chi connectivity index (χ0) is 7.68. The Bertz CT molecular complexity index is 266. The molecule has 3 N–H and O–H groups in total. The van der Waals surface area contributed by atoms with Crippen molar-refractivity contribution in [3.05, 3.63) is 11.5 Å². The van der Waals surface area contributed by atoms with E-state index < -0.39 is 0 Å². The maximum Gasteiger partial charge on any atom is 0.254 e. The standard InChI is InChI=1S/C6H8N4O/c7-5-4(1-2-8-5)6-9-3-10-11-6/h3H,1-2H2,(H2,7,8)(H,9,10)/b6-4-. The molecule has 0 fully saturated rings. The summed E-state index contributed by atoms with van der Waals surface area (Å²) >= 11 is 0. The fraction of sp³-hybridized carbons (Fsp3) is 0.333. The maximum absolute atomic E-state index is 5.57. The molecule has 0 bridgehead atoms. The number of amidine groups is 1. The minimum Gasteiger partial charge on any atom is -0.384 e. The molecule has 0 aliphatic carbocycles. The molecule has 58 valence electrons. The Hall–Kier alpha value is -1.52. The van der Waals surface area contributed by atoms with Crippen molar-refractivity contribution in [1.29, 1.82) is 0 Å². The number of hydrogen-bond acceptors (Lipinski definition) is 5. The van der Waals surface area contributed by atoms with E-state index in [1.807, 2.05) is 0 Å². The van der Waals surface area contributed by atoms with E-state index in [0.29, 0.717) is 11.7 Å². The first-order chi connectivity index (χ1) is 5.38. The van der Waals surface area contributed by atoms with Gasteiger partial charge in [0.05, 0.1) is 5.57 Å². The van der Waals surface area contributed by atoms with E-state index in [9.17, 15) is 0 Å². The minimum absolute atomic E-state index is 0.542. The molecule has 0 spiro atoms. The van der Waals surface area contributed by atoms with Crippen molar-refractivity contribution in [2.45, 2.75) is 6.42 Å². The zero-order valence-corrected chi connectivity index (χ0v) is 5.87. The molecule has 2 heterocycles. The summed E-state index contributed by atoms with van der Waals surface area (Å²) in [4.78, 5) is 12.9. The first-order valence-corrected chi connectivity index (χ1v) is 3.36. The van der Waals surface area contributed by atoms with E-state index in [2.05, 4.69) is 15.5 Å². The number of aliphatic imine (C=N–C) groups is 2. The SMILES string of the molecule is NC1=NCC/C1=C1\N=CNO1. The normalized spacial score (nSPS) is 28.2. The topological polar surface area (TPSA) is 72.0 Å². The molecule has 0 atom stereocenters. The predicted octanol–water partition coefficient (Wildman–Crippen LogP) is -0.478. The Morgan fingerprint density at radius 1 is 1.64 bits per heavy atom. The van der Waals surface area contributed by atoms with E-state index in [1.165, 1.54) is 6.34 Å². The van der Waals surface area contributed by atoms with Crippen LogP contribution in [0.15, 0.2) is 21.4 Å². The minimum atomic E-state index is 0.542. The summed E-state index contributed by atoms with van der Waals surface area (Å²) < 4.78 is 0. The number of rotatable bonds is 0. The van der Waals surface area contributed by atoms with Gasteiger partial charge in [0.2, 0.25) is 0 Å². The van der Waals surface area contributed by atoms with Crippen LogP contribution in [0.2, 0.25) is 0 Å². The van der Waals surface area contributed by atoms with Gasteiger partial charge >= 0.3 is 0 Å². The smallest absolute Gasteiger partial charge is 0.254 e. The molecule has 0 saturated carbocycles. The van der Waals surface area contributed by atoms with E-state index in [0.717, 1.165) is 18.5 Å². The second kappa shape index (κ2) is 2.26. The Balaban J connectivity index is 2.32. The lowest BCUT2D eigenvalue weighted by atomic mass is 10.2. The molecule has 5 heteroatoms. The highest BCUT2D eigenvalue weighted by atomic mass is 16.7. The predicted molar refractivity (Wildman–Crippen MR) is 40.8 cm³/mol. The van der Waals surface area contributed by atoms with E-state index >= 15 is 0 Å². The van der Waals surface area contributed by atoms with Gasteiger partial charge in [0, 0.05) is 13.0 Å². The third-order valence-electron chi connectivity index (χ3n) is 1.60. The number of hydrogen-bond donors (Lipinski definition) is 2. The molecule has 0 unspecified atom stereocenters. The molecule has 0 amide bonds. The Morgan fingerprint density at radius 2 is 2.55 bits per heavy atom. The lowest BCUT2D eigenvalue weighted by molar-refractivity contribution is 0.178. The van der Waals surface area contributed by atoms with Crippen molar-refractivity contribution in [3.63, 3.8) is 0 Å². The van der Waals surface area contributed by atoms with Gasteiger partial charge in [-0.2, -0.15) is 4.99 Å². The maximum atomic E-state index is 5.57. The molecule has 5 nitrogen and oxygen atoms in total. The summed E-state index contributed by atoms with van der Waals surface area (Å²) in [5.41, 5.74) is 8.97. The second-order valence-corrected chi connectivity index (χ2v) is 2.28. The molecular weight excluding hydrogens is 144 g/mol. The third-order valence-corrected chi connectivity index (χ3v) is 1.60. The Kier molecular flexibility index (Phi) is 1.28. The Labute approximate surface area is 63.6 Å². The second-order valence-electron chi connectivity index (χ2n) is 2.28. The van der Waals surface area contributed by atoms with Crippen LogP contribution < -0.4 is 11.2 Å². The third kappa shape index (κ3) is 0.938. The average Bonchev–Trinajstić information content (AvgIpc) is 2.55. The lowest BCUT2D eigenvalue weighted by Gasteiger charge is -1.99. The van der Waals surface area contributed by atoms with Gasteiger partial charge in [-0.3, -0.25) is 4.99 Å². The van der Waals surface area contributed by atoms with Crippen LogP contribution in [0.3, 0.4) is 0 Å². The van der Waals surface area contributed by atoms with Gasteiger partial charge in [0.15, 0.2) is 0 Å². The number of nitrogens with two attached hydrogens (primary N) is 1. The monoisotopic (exact) mass is 152 g/mol. The zero-order valence-electron chi connectivity index (χ0n) is 5.87. The highest BCUT2D eigenvalue weighted by molar-refractivity contribution is 5.99. The van der Waals surface area contributed by atoms with Gasteiger partial charge in [0.1, 0.15) is 12.2 Å². The fourth-order valence-electron chi connectivity index (χ4n) is 1.06.